The van der Waals surface area contributed by atoms with Crippen LogP contribution in [0, 0.1) is 0 Å². The van der Waals surface area contributed by atoms with Crippen LogP contribution in [0.5, 0.6) is 0 Å². The van der Waals surface area contributed by atoms with Crippen molar-refractivity contribution in [3.63, 3.8) is 0 Å². The van der Waals surface area contributed by atoms with E-state index in [0.717, 1.165) is 63.1 Å². The van der Waals surface area contributed by atoms with Crippen molar-refractivity contribution in [2.24, 2.45) is 4.99 Å². The first-order valence-electron chi connectivity index (χ1n) is 11.1. The molecule has 0 aliphatic carbocycles. The van der Waals surface area contributed by atoms with E-state index < -0.39 is 0 Å². The van der Waals surface area contributed by atoms with Gasteiger partial charge >= 0.3 is 0 Å². The summed E-state index contributed by atoms with van der Waals surface area (Å²) in [4.78, 5) is 9.32. The maximum absolute atomic E-state index is 5.99. The van der Waals surface area contributed by atoms with Gasteiger partial charge in [0.1, 0.15) is 0 Å². The van der Waals surface area contributed by atoms with Gasteiger partial charge in [0.05, 0.1) is 0 Å². The van der Waals surface area contributed by atoms with Crippen molar-refractivity contribution >= 4 is 23.2 Å². The average molecular weight is 438 g/mol. The van der Waals surface area contributed by atoms with E-state index in [2.05, 4.69) is 74.0 Å². The van der Waals surface area contributed by atoms with Gasteiger partial charge in [0.25, 0.3) is 0 Å². The third kappa shape index (κ3) is 6.25. The minimum Gasteiger partial charge on any atom is -0.364 e. The first kappa shape index (κ1) is 21.7. The van der Waals surface area contributed by atoms with Crippen molar-refractivity contribution in [2.75, 3.05) is 38.1 Å². The number of piperidine rings is 1. The Labute approximate surface area is 190 Å². The molecule has 2 aromatic rings. The SMILES string of the molecule is CN=C(NCc1cccc(N2CC=CC2)c1)NC1CCN(Cc2ccc(Cl)cc2)CC1. The van der Waals surface area contributed by atoms with Crippen molar-refractivity contribution in [3.8, 4) is 0 Å². The fourth-order valence-corrected chi connectivity index (χ4v) is 4.34. The summed E-state index contributed by atoms with van der Waals surface area (Å²) in [6.07, 6.45) is 6.67. The van der Waals surface area contributed by atoms with Crippen LogP contribution >= 0.6 is 11.6 Å². The van der Waals surface area contributed by atoms with Gasteiger partial charge in [-0.1, -0.05) is 48.0 Å². The summed E-state index contributed by atoms with van der Waals surface area (Å²) in [5.41, 5.74) is 3.87. The van der Waals surface area contributed by atoms with E-state index in [-0.39, 0.29) is 0 Å². The molecule has 164 valence electrons. The zero-order valence-electron chi connectivity index (χ0n) is 18.2. The van der Waals surface area contributed by atoms with Crippen LogP contribution in [0.25, 0.3) is 0 Å². The molecule has 0 atom stereocenters. The number of guanidine groups is 1. The van der Waals surface area contributed by atoms with Crippen LogP contribution < -0.4 is 15.5 Å². The van der Waals surface area contributed by atoms with Crippen molar-refractivity contribution in [1.82, 2.24) is 15.5 Å². The number of aliphatic imine (C=N–C) groups is 1. The molecule has 4 rings (SSSR count). The van der Waals surface area contributed by atoms with E-state index >= 15 is 0 Å². The molecule has 0 saturated carbocycles. The number of nitrogens with zero attached hydrogens (tertiary/aromatic N) is 3. The highest BCUT2D eigenvalue weighted by Gasteiger charge is 2.20. The molecular formula is C25H32ClN5. The van der Waals surface area contributed by atoms with Crippen LogP contribution in [0.3, 0.4) is 0 Å². The maximum Gasteiger partial charge on any atom is 0.191 e. The van der Waals surface area contributed by atoms with Crippen LogP contribution in [-0.4, -0.2) is 50.1 Å². The average Bonchev–Trinajstić information content (AvgIpc) is 3.35. The quantitative estimate of drug-likeness (QED) is 0.406. The fraction of sp³-hybridized carbons (Fsp3) is 0.400. The number of anilines is 1. The Bertz CT molecular complexity index is 892. The minimum absolute atomic E-state index is 0.453. The highest BCUT2D eigenvalue weighted by molar-refractivity contribution is 6.30. The van der Waals surface area contributed by atoms with Crippen molar-refractivity contribution in [3.05, 3.63) is 76.8 Å². The number of halogens is 1. The molecule has 0 bridgehead atoms. The van der Waals surface area contributed by atoms with Gasteiger partial charge in [-0.15, -0.1) is 0 Å². The van der Waals surface area contributed by atoms with E-state index in [1.54, 1.807) is 0 Å². The molecule has 0 amide bonds. The molecule has 2 aromatic carbocycles. The normalized spacial score (nSPS) is 17.9. The molecule has 5 nitrogen and oxygen atoms in total. The van der Waals surface area contributed by atoms with Gasteiger partial charge in [0.15, 0.2) is 5.96 Å². The van der Waals surface area contributed by atoms with Gasteiger partial charge in [0, 0.05) is 63.1 Å². The predicted octanol–water partition coefficient (Wildman–Crippen LogP) is 4.05. The molecule has 2 N–H and O–H groups in total. The Morgan fingerprint density at radius 1 is 1.03 bits per heavy atom. The first-order valence-corrected chi connectivity index (χ1v) is 11.5. The maximum atomic E-state index is 5.99. The predicted molar refractivity (Wildman–Crippen MR) is 131 cm³/mol. The van der Waals surface area contributed by atoms with Crippen molar-refractivity contribution in [2.45, 2.75) is 32.0 Å². The van der Waals surface area contributed by atoms with Crippen LogP contribution in [0.15, 0.2) is 65.7 Å². The van der Waals surface area contributed by atoms with Gasteiger partial charge in [-0.3, -0.25) is 9.89 Å². The molecule has 0 unspecified atom stereocenters. The molecule has 31 heavy (non-hydrogen) atoms. The number of hydrogen-bond acceptors (Lipinski definition) is 3. The third-order valence-electron chi connectivity index (χ3n) is 6.03. The Kier molecular flexibility index (Phi) is 7.49. The second-order valence-electron chi connectivity index (χ2n) is 8.29. The van der Waals surface area contributed by atoms with Gasteiger partial charge in [-0.05, 0) is 48.2 Å². The van der Waals surface area contributed by atoms with E-state index in [1.807, 2.05) is 19.2 Å². The van der Waals surface area contributed by atoms with Crippen LogP contribution in [0.4, 0.5) is 5.69 Å². The van der Waals surface area contributed by atoms with Crippen LogP contribution in [0.1, 0.15) is 24.0 Å². The zero-order chi connectivity index (χ0) is 21.5. The van der Waals surface area contributed by atoms with Gasteiger partial charge < -0.3 is 15.5 Å². The summed E-state index contributed by atoms with van der Waals surface area (Å²) < 4.78 is 0. The van der Waals surface area contributed by atoms with E-state index in [1.165, 1.54) is 16.8 Å². The minimum atomic E-state index is 0.453. The lowest BCUT2D eigenvalue weighted by atomic mass is 10.0. The van der Waals surface area contributed by atoms with Crippen LogP contribution in [0.2, 0.25) is 5.02 Å². The number of nitrogens with one attached hydrogen (secondary N) is 2. The molecule has 2 aliphatic rings. The summed E-state index contributed by atoms with van der Waals surface area (Å²) in [6, 6.07) is 17.4. The smallest absolute Gasteiger partial charge is 0.191 e. The topological polar surface area (TPSA) is 42.9 Å². The Morgan fingerprint density at radius 3 is 2.48 bits per heavy atom. The monoisotopic (exact) mass is 437 g/mol. The summed E-state index contributed by atoms with van der Waals surface area (Å²) in [5, 5.41) is 7.89. The summed E-state index contributed by atoms with van der Waals surface area (Å²) in [7, 11) is 1.84. The lowest BCUT2D eigenvalue weighted by Gasteiger charge is -2.33. The first-order chi connectivity index (χ1) is 15.2. The Balaban J connectivity index is 1.22. The molecule has 0 radical (unpaired) electrons. The van der Waals surface area contributed by atoms with Crippen molar-refractivity contribution in [1.29, 1.82) is 0 Å². The van der Waals surface area contributed by atoms with E-state index in [0.29, 0.717) is 6.04 Å². The molecule has 1 fully saturated rings. The van der Waals surface area contributed by atoms with E-state index in [9.17, 15) is 0 Å². The summed E-state index contributed by atoms with van der Waals surface area (Å²) in [5.74, 6) is 0.879. The Hall–Kier alpha value is -2.50. The molecule has 0 aromatic heterocycles. The van der Waals surface area contributed by atoms with Gasteiger partial charge in [-0.2, -0.15) is 0 Å². The van der Waals surface area contributed by atoms with Gasteiger partial charge in [0.2, 0.25) is 0 Å². The third-order valence-corrected chi connectivity index (χ3v) is 6.28. The molecule has 6 heteroatoms. The zero-order valence-corrected chi connectivity index (χ0v) is 19.0. The highest BCUT2D eigenvalue weighted by atomic mass is 35.5. The largest absolute Gasteiger partial charge is 0.364 e. The molecular weight excluding hydrogens is 406 g/mol. The number of likely N-dealkylation sites (tertiary alicyclic amines) is 1. The highest BCUT2D eigenvalue weighted by Crippen LogP contribution is 2.19. The lowest BCUT2D eigenvalue weighted by molar-refractivity contribution is 0.198. The molecule has 2 heterocycles. The molecule has 1 saturated heterocycles. The molecule has 0 spiro atoms. The number of benzene rings is 2. The number of hydrogen-bond donors (Lipinski definition) is 2. The summed E-state index contributed by atoms with van der Waals surface area (Å²) in [6.45, 7) is 5.92. The fourth-order valence-electron chi connectivity index (χ4n) is 4.21. The second-order valence-corrected chi connectivity index (χ2v) is 8.73. The summed E-state index contributed by atoms with van der Waals surface area (Å²) >= 11 is 5.99. The Morgan fingerprint density at radius 2 is 1.77 bits per heavy atom. The van der Waals surface area contributed by atoms with Crippen LogP contribution in [-0.2, 0) is 13.1 Å². The second kappa shape index (κ2) is 10.7. The van der Waals surface area contributed by atoms with E-state index in [4.69, 9.17) is 11.6 Å². The molecule has 2 aliphatic heterocycles. The van der Waals surface area contributed by atoms with Gasteiger partial charge in [-0.25, -0.2) is 0 Å². The van der Waals surface area contributed by atoms with Crippen molar-refractivity contribution < 1.29 is 0 Å². The lowest BCUT2D eigenvalue weighted by Crippen LogP contribution is -2.48. The standard InChI is InChI=1S/C25H32ClN5/c1-27-25(28-18-21-5-4-6-24(17-21)31-13-2-3-14-31)29-23-11-15-30(16-12-23)19-20-7-9-22(26)10-8-20/h2-10,17,23H,11-16,18-19H2,1H3,(H2,27,28,29). The number of rotatable bonds is 6.